The SMILES string of the molecule is CC[C@H](C)NC(=O)c1c(C)c(N2CCOCC2)c(C)n1Cc1cccc(C)c1. The largest absolute Gasteiger partial charge is 0.378 e. The molecular formula is C23H33N3O2. The Kier molecular flexibility index (Phi) is 6.45. The summed E-state index contributed by atoms with van der Waals surface area (Å²) >= 11 is 0. The normalized spacial score (nSPS) is 15.5. The lowest BCUT2D eigenvalue weighted by Crippen LogP contribution is -2.37. The minimum absolute atomic E-state index is 0.0158. The zero-order valence-corrected chi connectivity index (χ0v) is 17.8. The number of hydrogen-bond acceptors (Lipinski definition) is 3. The summed E-state index contributed by atoms with van der Waals surface area (Å²) in [5.41, 5.74) is 6.62. The third kappa shape index (κ3) is 4.25. The number of aryl methyl sites for hydroxylation is 1. The first-order valence-corrected chi connectivity index (χ1v) is 10.3. The van der Waals surface area contributed by atoms with Crippen molar-refractivity contribution in [2.75, 3.05) is 31.2 Å². The molecular weight excluding hydrogens is 350 g/mol. The maximum Gasteiger partial charge on any atom is 0.268 e. The smallest absolute Gasteiger partial charge is 0.268 e. The molecule has 0 radical (unpaired) electrons. The number of rotatable bonds is 6. The van der Waals surface area contributed by atoms with E-state index in [0.717, 1.165) is 49.7 Å². The van der Waals surface area contributed by atoms with Crippen LogP contribution in [0.5, 0.6) is 0 Å². The number of nitrogens with zero attached hydrogens (tertiary/aromatic N) is 2. The quantitative estimate of drug-likeness (QED) is 0.825. The van der Waals surface area contributed by atoms with Crippen molar-refractivity contribution in [3.05, 3.63) is 52.3 Å². The number of morpholine rings is 1. The zero-order valence-electron chi connectivity index (χ0n) is 17.8. The summed E-state index contributed by atoms with van der Waals surface area (Å²) in [5, 5.41) is 3.16. The van der Waals surface area contributed by atoms with Gasteiger partial charge in [0.2, 0.25) is 0 Å². The van der Waals surface area contributed by atoms with Crippen molar-refractivity contribution in [2.45, 2.75) is 53.6 Å². The number of carbonyl (C=O) groups excluding carboxylic acids is 1. The number of hydrogen-bond donors (Lipinski definition) is 1. The van der Waals surface area contributed by atoms with Crippen LogP contribution in [0, 0.1) is 20.8 Å². The number of anilines is 1. The van der Waals surface area contributed by atoms with E-state index in [1.165, 1.54) is 16.8 Å². The summed E-state index contributed by atoms with van der Waals surface area (Å²) in [4.78, 5) is 15.5. The van der Waals surface area contributed by atoms with Gasteiger partial charge >= 0.3 is 0 Å². The van der Waals surface area contributed by atoms with Gasteiger partial charge in [0.05, 0.1) is 18.9 Å². The molecule has 0 saturated carbocycles. The maximum atomic E-state index is 13.2. The van der Waals surface area contributed by atoms with E-state index in [4.69, 9.17) is 4.74 Å². The number of amides is 1. The van der Waals surface area contributed by atoms with E-state index in [1.807, 2.05) is 0 Å². The number of ether oxygens (including phenoxy) is 1. The highest BCUT2D eigenvalue weighted by Crippen LogP contribution is 2.32. The lowest BCUT2D eigenvalue weighted by Gasteiger charge is -2.29. The van der Waals surface area contributed by atoms with Crippen molar-refractivity contribution in [1.82, 2.24) is 9.88 Å². The second kappa shape index (κ2) is 8.82. The Morgan fingerprint density at radius 1 is 1.21 bits per heavy atom. The first-order chi connectivity index (χ1) is 13.4. The number of nitrogens with one attached hydrogen (secondary N) is 1. The molecule has 1 N–H and O–H groups in total. The Balaban J connectivity index is 2.05. The molecule has 3 rings (SSSR count). The standard InChI is InChI=1S/C23H33N3O2/c1-6-17(3)24-23(27)22-18(4)21(25-10-12-28-13-11-25)19(5)26(22)15-20-9-7-8-16(2)14-20/h7-9,14,17H,6,10-13,15H2,1-5H3,(H,24,27)/t17-/m0/s1. The Morgan fingerprint density at radius 3 is 2.57 bits per heavy atom. The zero-order chi connectivity index (χ0) is 20.3. The molecule has 5 nitrogen and oxygen atoms in total. The maximum absolute atomic E-state index is 13.2. The topological polar surface area (TPSA) is 46.5 Å². The molecule has 152 valence electrons. The van der Waals surface area contributed by atoms with Crippen LogP contribution in [-0.4, -0.2) is 42.8 Å². The lowest BCUT2D eigenvalue weighted by molar-refractivity contribution is 0.0929. The molecule has 28 heavy (non-hydrogen) atoms. The molecule has 1 amide bonds. The van der Waals surface area contributed by atoms with E-state index in [2.05, 4.69) is 73.7 Å². The van der Waals surface area contributed by atoms with Crippen LogP contribution >= 0.6 is 0 Å². The van der Waals surface area contributed by atoms with Crippen LogP contribution in [0.1, 0.15) is 53.1 Å². The average Bonchev–Trinajstić information content (AvgIpc) is 2.92. The van der Waals surface area contributed by atoms with Crippen molar-refractivity contribution in [2.24, 2.45) is 0 Å². The highest BCUT2D eigenvalue weighted by molar-refractivity contribution is 5.96. The molecule has 1 fully saturated rings. The molecule has 2 aromatic rings. The molecule has 0 unspecified atom stereocenters. The Bertz CT molecular complexity index is 835. The molecule has 0 bridgehead atoms. The van der Waals surface area contributed by atoms with Crippen LogP contribution in [0.25, 0.3) is 0 Å². The second-order valence-corrected chi connectivity index (χ2v) is 7.86. The van der Waals surface area contributed by atoms with Crippen LogP contribution in [0.3, 0.4) is 0 Å². The fourth-order valence-corrected chi connectivity index (χ4v) is 4.01. The monoisotopic (exact) mass is 383 g/mol. The Labute approximate surface area is 168 Å². The van der Waals surface area contributed by atoms with Gasteiger partial charge in [0, 0.05) is 36.9 Å². The third-order valence-corrected chi connectivity index (χ3v) is 5.68. The number of aromatic nitrogens is 1. The molecule has 1 aliphatic rings. The Morgan fingerprint density at radius 2 is 1.93 bits per heavy atom. The van der Waals surface area contributed by atoms with Crippen LogP contribution < -0.4 is 10.2 Å². The second-order valence-electron chi connectivity index (χ2n) is 7.86. The van der Waals surface area contributed by atoms with Crippen molar-refractivity contribution < 1.29 is 9.53 Å². The molecule has 0 aliphatic carbocycles. The molecule has 1 saturated heterocycles. The first-order valence-electron chi connectivity index (χ1n) is 10.3. The summed E-state index contributed by atoms with van der Waals surface area (Å²) in [7, 11) is 0. The van der Waals surface area contributed by atoms with Gasteiger partial charge < -0.3 is 19.5 Å². The fraction of sp³-hybridized carbons (Fsp3) is 0.522. The minimum atomic E-state index is 0.0158. The van der Waals surface area contributed by atoms with Gasteiger partial charge in [-0.3, -0.25) is 4.79 Å². The van der Waals surface area contributed by atoms with Gasteiger partial charge in [0.1, 0.15) is 5.69 Å². The summed E-state index contributed by atoms with van der Waals surface area (Å²) in [6.07, 6.45) is 0.915. The fourth-order valence-electron chi connectivity index (χ4n) is 4.01. The van der Waals surface area contributed by atoms with Gasteiger partial charge in [-0.1, -0.05) is 36.8 Å². The predicted octanol–water partition coefficient (Wildman–Crippen LogP) is 3.83. The van der Waals surface area contributed by atoms with Crippen LogP contribution in [0.15, 0.2) is 24.3 Å². The first kappa shape index (κ1) is 20.5. The van der Waals surface area contributed by atoms with Gasteiger partial charge in [-0.2, -0.15) is 0 Å². The average molecular weight is 384 g/mol. The van der Waals surface area contributed by atoms with E-state index in [0.29, 0.717) is 6.54 Å². The van der Waals surface area contributed by atoms with E-state index < -0.39 is 0 Å². The minimum Gasteiger partial charge on any atom is -0.378 e. The van der Waals surface area contributed by atoms with Crippen molar-refractivity contribution >= 4 is 11.6 Å². The Hall–Kier alpha value is -2.27. The molecule has 5 heteroatoms. The highest BCUT2D eigenvalue weighted by Gasteiger charge is 2.27. The van der Waals surface area contributed by atoms with Crippen molar-refractivity contribution in [3.8, 4) is 0 Å². The molecule has 1 aromatic carbocycles. The van der Waals surface area contributed by atoms with Gasteiger partial charge in [0.15, 0.2) is 0 Å². The number of carbonyl (C=O) groups is 1. The van der Waals surface area contributed by atoms with Crippen LogP contribution in [0.4, 0.5) is 5.69 Å². The molecule has 0 spiro atoms. The van der Waals surface area contributed by atoms with E-state index in [-0.39, 0.29) is 11.9 Å². The van der Waals surface area contributed by atoms with E-state index in [9.17, 15) is 4.79 Å². The van der Waals surface area contributed by atoms with Crippen molar-refractivity contribution in [1.29, 1.82) is 0 Å². The number of benzene rings is 1. The van der Waals surface area contributed by atoms with Gasteiger partial charge in [0.25, 0.3) is 5.91 Å². The highest BCUT2D eigenvalue weighted by atomic mass is 16.5. The molecule has 1 atom stereocenters. The predicted molar refractivity (Wildman–Crippen MR) is 114 cm³/mol. The van der Waals surface area contributed by atoms with E-state index >= 15 is 0 Å². The summed E-state index contributed by atoms with van der Waals surface area (Å²) in [6, 6.07) is 8.67. The summed E-state index contributed by atoms with van der Waals surface area (Å²) in [5.74, 6) is 0.0158. The van der Waals surface area contributed by atoms with Crippen LogP contribution in [-0.2, 0) is 11.3 Å². The molecule has 1 aromatic heterocycles. The third-order valence-electron chi connectivity index (χ3n) is 5.68. The lowest BCUT2D eigenvalue weighted by atomic mass is 10.1. The van der Waals surface area contributed by atoms with E-state index in [1.54, 1.807) is 0 Å². The summed E-state index contributed by atoms with van der Waals surface area (Å²) in [6.45, 7) is 14.3. The molecule has 2 heterocycles. The van der Waals surface area contributed by atoms with Gasteiger partial charge in [-0.25, -0.2) is 0 Å². The van der Waals surface area contributed by atoms with Gasteiger partial charge in [-0.05, 0) is 39.7 Å². The summed E-state index contributed by atoms with van der Waals surface area (Å²) < 4.78 is 7.72. The van der Waals surface area contributed by atoms with Gasteiger partial charge in [-0.15, -0.1) is 0 Å². The molecule has 1 aliphatic heterocycles. The van der Waals surface area contributed by atoms with Crippen molar-refractivity contribution in [3.63, 3.8) is 0 Å². The van der Waals surface area contributed by atoms with Crippen LogP contribution in [0.2, 0.25) is 0 Å².